The normalized spacial score (nSPS) is 11.8. The molecule has 138 valence electrons. The van der Waals surface area contributed by atoms with Crippen LogP contribution in [-0.2, 0) is 0 Å². The molecule has 0 fully saturated rings. The molecule has 0 bridgehead atoms. The number of hydrogen-bond acceptors (Lipinski definition) is 5. The van der Waals surface area contributed by atoms with Gasteiger partial charge in [-0.2, -0.15) is 5.26 Å². The third-order valence-electron chi connectivity index (χ3n) is 4.06. The second-order valence-electron chi connectivity index (χ2n) is 6.28. The number of ether oxygens (including phenoxy) is 1. The number of thioether (sulfide) groups is 1. The number of benzene rings is 2. The first kappa shape index (κ1) is 19.0. The Hall–Kier alpha value is -2.75. The van der Waals surface area contributed by atoms with E-state index >= 15 is 0 Å². The van der Waals surface area contributed by atoms with Gasteiger partial charge in [-0.15, -0.1) is 0 Å². The fourth-order valence-corrected chi connectivity index (χ4v) is 3.47. The smallest absolute Gasteiger partial charge is 0.172 e. The van der Waals surface area contributed by atoms with Gasteiger partial charge in [0.1, 0.15) is 12.4 Å². The summed E-state index contributed by atoms with van der Waals surface area (Å²) >= 11 is 1.49. The number of nitriles is 1. The van der Waals surface area contributed by atoms with Gasteiger partial charge in [0.25, 0.3) is 0 Å². The van der Waals surface area contributed by atoms with E-state index < -0.39 is 6.10 Å². The quantitative estimate of drug-likeness (QED) is 0.631. The minimum absolute atomic E-state index is 0.184. The lowest BCUT2D eigenvalue weighted by Crippen LogP contribution is -2.20. The van der Waals surface area contributed by atoms with Crippen LogP contribution in [0.4, 0.5) is 0 Å². The van der Waals surface area contributed by atoms with Gasteiger partial charge in [0, 0.05) is 18.1 Å². The van der Waals surface area contributed by atoms with Gasteiger partial charge >= 0.3 is 0 Å². The molecule has 3 rings (SSSR count). The summed E-state index contributed by atoms with van der Waals surface area (Å²) in [5.74, 6) is 1.10. The average Bonchev–Trinajstić information content (AvgIpc) is 3.15. The van der Waals surface area contributed by atoms with E-state index in [1.54, 1.807) is 30.5 Å². The highest BCUT2D eigenvalue weighted by molar-refractivity contribution is 7.99. The van der Waals surface area contributed by atoms with Gasteiger partial charge < -0.3 is 9.84 Å². The van der Waals surface area contributed by atoms with Gasteiger partial charge in [0.05, 0.1) is 23.4 Å². The number of imidazole rings is 1. The van der Waals surface area contributed by atoms with Crippen LogP contribution in [0.1, 0.15) is 16.7 Å². The van der Waals surface area contributed by atoms with Crippen molar-refractivity contribution in [2.24, 2.45) is 0 Å². The summed E-state index contributed by atoms with van der Waals surface area (Å²) in [5, 5.41) is 19.9. The molecular formula is C21H21N3O2S. The molecule has 2 aromatic carbocycles. The molecule has 5 nitrogen and oxygen atoms in total. The van der Waals surface area contributed by atoms with E-state index in [0.29, 0.717) is 17.1 Å². The van der Waals surface area contributed by atoms with E-state index in [0.717, 1.165) is 10.8 Å². The lowest BCUT2D eigenvalue weighted by Gasteiger charge is -2.14. The highest BCUT2D eigenvalue weighted by Crippen LogP contribution is 2.24. The van der Waals surface area contributed by atoms with Crippen molar-refractivity contribution in [2.45, 2.75) is 25.1 Å². The van der Waals surface area contributed by atoms with Crippen LogP contribution in [0.15, 0.2) is 60.0 Å². The number of aryl methyl sites for hydroxylation is 2. The van der Waals surface area contributed by atoms with Gasteiger partial charge in [0.2, 0.25) is 0 Å². The second-order valence-corrected chi connectivity index (χ2v) is 7.27. The predicted octanol–water partition coefficient (Wildman–Crippen LogP) is 3.89. The zero-order valence-electron chi connectivity index (χ0n) is 15.3. The van der Waals surface area contributed by atoms with Crippen molar-refractivity contribution in [3.05, 3.63) is 71.5 Å². The summed E-state index contributed by atoms with van der Waals surface area (Å²) in [6.45, 7) is 4.32. The van der Waals surface area contributed by atoms with E-state index in [2.05, 4.69) is 43.1 Å². The lowest BCUT2D eigenvalue weighted by atomic mass is 10.1. The second kappa shape index (κ2) is 8.76. The van der Waals surface area contributed by atoms with Crippen LogP contribution < -0.4 is 4.74 Å². The zero-order valence-corrected chi connectivity index (χ0v) is 16.1. The highest BCUT2D eigenvalue weighted by atomic mass is 32.2. The molecule has 0 saturated carbocycles. The first-order valence-corrected chi connectivity index (χ1v) is 9.60. The molecule has 3 aromatic rings. The topological polar surface area (TPSA) is 71.1 Å². The van der Waals surface area contributed by atoms with E-state index in [1.165, 1.54) is 22.9 Å². The number of rotatable bonds is 7. The van der Waals surface area contributed by atoms with Crippen LogP contribution >= 0.6 is 11.8 Å². The summed E-state index contributed by atoms with van der Waals surface area (Å²) < 4.78 is 7.63. The Morgan fingerprint density at radius 1 is 1.22 bits per heavy atom. The Morgan fingerprint density at radius 2 is 2.00 bits per heavy atom. The monoisotopic (exact) mass is 379 g/mol. The van der Waals surface area contributed by atoms with E-state index in [9.17, 15) is 5.11 Å². The molecule has 1 aromatic heterocycles. The lowest BCUT2D eigenvalue weighted by molar-refractivity contribution is 0.126. The Kier molecular flexibility index (Phi) is 6.17. The fourth-order valence-electron chi connectivity index (χ4n) is 2.60. The molecular weight excluding hydrogens is 358 g/mol. The van der Waals surface area contributed by atoms with Crippen LogP contribution in [0.2, 0.25) is 0 Å². The number of aliphatic hydroxyl groups is 1. The van der Waals surface area contributed by atoms with Crippen molar-refractivity contribution in [3.8, 4) is 17.5 Å². The van der Waals surface area contributed by atoms with Crippen molar-refractivity contribution < 1.29 is 9.84 Å². The molecule has 1 N–H and O–H groups in total. The molecule has 27 heavy (non-hydrogen) atoms. The molecule has 1 unspecified atom stereocenters. The average molecular weight is 379 g/mol. The van der Waals surface area contributed by atoms with E-state index in [4.69, 9.17) is 10.00 Å². The zero-order chi connectivity index (χ0) is 19.2. The molecule has 1 heterocycles. The van der Waals surface area contributed by atoms with Crippen LogP contribution in [0.25, 0.3) is 5.69 Å². The number of hydrogen-bond donors (Lipinski definition) is 1. The van der Waals surface area contributed by atoms with Crippen LogP contribution in [0.5, 0.6) is 5.75 Å². The minimum Gasteiger partial charge on any atom is -0.491 e. The minimum atomic E-state index is -0.630. The predicted molar refractivity (Wildman–Crippen MR) is 106 cm³/mol. The molecule has 0 amide bonds. The molecule has 0 spiro atoms. The Labute approximate surface area is 163 Å². The van der Waals surface area contributed by atoms with Gasteiger partial charge in [-0.1, -0.05) is 23.9 Å². The maximum absolute atomic E-state index is 10.2. The first-order valence-electron chi connectivity index (χ1n) is 8.61. The van der Waals surface area contributed by atoms with Gasteiger partial charge in [-0.05, 0) is 55.3 Å². The van der Waals surface area contributed by atoms with Crippen molar-refractivity contribution in [2.75, 3.05) is 12.4 Å². The number of nitrogens with zero attached hydrogens (tertiary/aromatic N) is 3. The van der Waals surface area contributed by atoms with Crippen molar-refractivity contribution in [1.29, 1.82) is 5.26 Å². The highest BCUT2D eigenvalue weighted by Gasteiger charge is 2.12. The molecule has 0 aliphatic carbocycles. The molecule has 6 heteroatoms. The Bertz CT molecular complexity index is 945. The molecule has 1 atom stereocenters. The molecule has 0 aliphatic rings. The van der Waals surface area contributed by atoms with Gasteiger partial charge in [-0.25, -0.2) is 4.98 Å². The molecule has 0 aliphatic heterocycles. The number of aromatic nitrogens is 2. The SMILES string of the molecule is Cc1ccc(C)c(-n2ccnc2SCC(O)COc2ccc(C#N)cc2)c1. The third-order valence-corrected chi connectivity index (χ3v) is 5.17. The summed E-state index contributed by atoms with van der Waals surface area (Å²) in [6, 6.07) is 15.2. The summed E-state index contributed by atoms with van der Waals surface area (Å²) in [6.07, 6.45) is 3.07. The first-order chi connectivity index (χ1) is 13.1. The Morgan fingerprint density at radius 3 is 2.74 bits per heavy atom. The van der Waals surface area contributed by atoms with Gasteiger partial charge in [0.15, 0.2) is 5.16 Å². The van der Waals surface area contributed by atoms with E-state index in [1.807, 2.05) is 10.8 Å². The fraction of sp³-hybridized carbons (Fsp3) is 0.238. The van der Waals surface area contributed by atoms with E-state index in [-0.39, 0.29) is 6.61 Å². The summed E-state index contributed by atoms with van der Waals surface area (Å²) in [5.41, 5.74) is 4.04. The summed E-state index contributed by atoms with van der Waals surface area (Å²) in [4.78, 5) is 4.42. The number of aliphatic hydroxyl groups excluding tert-OH is 1. The maximum atomic E-state index is 10.2. The van der Waals surface area contributed by atoms with Crippen LogP contribution in [0, 0.1) is 25.2 Å². The summed E-state index contributed by atoms with van der Waals surface area (Å²) in [7, 11) is 0. The van der Waals surface area contributed by atoms with Crippen LogP contribution in [0.3, 0.4) is 0 Å². The van der Waals surface area contributed by atoms with Crippen molar-refractivity contribution >= 4 is 11.8 Å². The molecule has 0 saturated heterocycles. The van der Waals surface area contributed by atoms with Crippen molar-refractivity contribution in [1.82, 2.24) is 9.55 Å². The maximum Gasteiger partial charge on any atom is 0.172 e. The third kappa shape index (κ3) is 4.91. The standard InChI is InChI=1S/C21H21N3O2S/c1-15-3-4-16(2)20(11-15)24-10-9-23-21(24)27-14-18(25)13-26-19-7-5-17(12-22)6-8-19/h3-11,18,25H,13-14H2,1-2H3. The Balaban J connectivity index is 1.58. The van der Waals surface area contributed by atoms with Crippen molar-refractivity contribution in [3.63, 3.8) is 0 Å². The van der Waals surface area contributed by atoms with Gasteiger partial charge in [-0.3, -0.25) is 4.57 Å². The largest absolute Gasteiger partial charge is 0.491 e. The molecule has 0 radical (unpaired) electrons. The van der Waals surface area contributed by atoms with Crippen LogP contribution in [-0.4, -0.2) is 33.1 Å².